The number of carboxylic acids is 1. The summed E-state index contributed by atoms with van der Waals surface area (Å²) >= 11 is 3.34. The van der Waals surface area contributed by atoms with E-state index in [1.165, 1.54) is 0 Å². The van der Waals surface area contributed by atoms with Gasteiger partial charge < -0.3 is 10.4 Å². The number of hydrogen-bond acceptors (Lipinski definition) is 2. The molecule has 0 aliphatic heterocycles. The minimum atomic E-state index is -1.04. The van der Waals surface area contributed by atoms with Gasteiger partial charge in [0.2, 0.25) is 0 Å². The number of carbonyl (C=O) groups excluding carboxylic acids is 1. The van der Waals surface area contributed by atoms with Crippen LogP contribution in [0.5, 0.6) is 0 Å². The molecule has 0 radical (unpaired) electrons. The molecular formula is C14H16BrNO3. The lowest BCUT2D eigenvalue weighted by atomic mass is 10.1. The van der Waals surface area contributed by atoms with Crippen LogP contribution in [0.25, 0.3) is 0 Å². The molecule has 1 aromatic carbocycles. The third-order valence-corrected chi connectivity index (χ3v) is 3.50. The summed E-state index contributed by atoms with van der Waals surface area (Å²) in [5.41, 5.74) is 1.45. The van der Waals surface area contributed by atoms with Gasteiger partial charge in [-0.25, -0.2) is 4.79 Å². The number of aryl methyl sites for hydroxylation is 1. The molecule has 19 heavy (non-hydrogen) atoms. The second-order valence-corrected chi connectivity index (χ2v) is 4.99. The lowest BCUT2D eigenvalue weighted by Crippen LogP contribution is -2.40. The van der Waals surface area contributed by atoms with Crippen LogP contribution in [-0.4, -0.2) is 23.0 Å². The monoisotopic (exact) mass is 325 g/mol. The molecule has 4 nitrogen and oxygen atoms in total. The van der Waals surface area contributed by atoms with Crippen LogP contribution in [0.15, 0.2) is 34.8 Å². The smallest absolute Gasteiger partial charge is 0.326 e. The number of carboxylic acid groups (broad SMARTS) is 1. The Kier molecular flexibility index (Phi) is 5.76. The lowest BCUT2D eigenvalue weighted by molar-refractivity contribution is -0.139. The topological polar surface area (TPSA) is 66.4 Å². The van der Waals surface area contributed by atoms with E-state index in [9.17, 15) is 9.59 Å². The SMILES string of the molecule is C/C=C/CC(NC(=O)c1ccc(C)c(Br)c1)C(=O)O. The third-order valence-electron chi connectivity index (χ3n) is 2.64. The minimum absolute atomic E-state index is 0.268. The average Bonchev–Trinajstić information content (AvgIpc) is 2.37. The van der Waals surface area contributed by atoms with Gasteiger partial charge in [-0.1, -0.05) is 34.1 Å². The number of halogens is 1. The summed E-state index contributed by atoms with van der Waals surface area (Å²) in [6, 6.07) is 4.24. The fourth-order valence-electron chi connectivity index (χ4n) is 1.47. The molecule has 2 N–H and O–H groups in total. The average molecular weight is 326 g/mol. The standard InChI is InChI=1S/C14H16BrNO3/c1-3-4-5-12(14(18)19)16-13(17)10-7-6-9(2)11(15)8-10/h3-4,6-8,12H,5H2,1-2H3,(H,16,17)(H,18,19)/b4-3+. The van der Waals surface area contributed by atoms with Gasteiger partial charge in [0, 0.05) is 10.0 Å². The zero-order valence-electron chi connectivity index (χ0n) is 10.8. The molecular weight excluding hydrogens is 310 g/mol. The van der Waals surface area contributed by atoms with Gasteiger partial charge in [0.1, 0.15) is 6.04 Å². The van der Waals surface area contributed by atoms with E-state index in [1.807, 2.05) is 6.92 Å². The first-order valence-electron chi connectivity index (χ1n) is 5.86. The highest BCUT2D eigenvalue weighted by Gasteiger charge is 2.19. The minimum Gasteiger partial charge on any atom is -0.480 e. The third kappa shape index (κ3) is 4.52. The zero-order valence-corrected chi connectivity index (χ0v) is 12.4. The van der Waals surface area contributed by atoms with Crippen LogP contribution in [0.2, 0.25) is 0 Å². The Morgan fingerprint density at radius 2 is 2.16 bits per heavy atom. The van der Waals surface area contributed by atoms with Crippen molar-refractivity contribution in [3.8, 4) is 0 Å². The maximum atomic E-state index is 12.0. The maximum absolute atomic E-state index is 12.0. The molecule has 1 aromatic rings. The molecule has 1 rings (SSSR count). The molecule has 0 aliphatic rings. The zero-order chi connectivity index (χ0) is 14.4. The van der Waals surface area contributed by atoms with Gasteiger partial charge in [-0.2, -0.15) is 0 Å². The van der Waals surface area contributed by atoms with E-state index in [0.29, 0.717) is 5.56 Å². The first-order valence-corrected chi connectivity index (χ1v) is 6.66. The van der Waals surface area contributed by atoms with Crippen molar-refractivity contribution in [2.45, 2.75) is 26.3 Å². The quantitative estimate of drug-likeness (QED) is 0.818. The number of benzene rings is 1. The number of nitrogens with one attached hydrogen (secondary N) is 1. The summed E-state index contributed by atoms with van der Waals surface area (Å²) < 4.78 is 0.820. The molecule has 0 heterocycles. The van der Waals surface area contributed by atoms with E-state index in [-0.39, 0.29) is 6.42 Å². The van der Waals surface area contributed by atoms with Crippen LogP contribution in [0.1, 0.15) is 29.3 Å². The molecule has 0 bridgehead atoms. The van der Waals surface area contributed by atoms with Crippen molar-refractivity contribution in [1.82, 2.24) is 5.32 Å². The fraction of sp³-hybridized carbons (Fsp3) is 0.286. The summed E-state index contributed by atoms with van der Waals surface area (Å²) in [6.45, 7) is 3.72. The van der Waals surface area contributed by atoms with E-state index < -0.39 is 17.9 Å². The highest BCUT2D eigenvalue weighted by atomic mass is 79.9. The van der Waals surface area contributed by atoms with Crippen LogP contribution in [0, 0.1) is 6.92 Å². The number of aliphatic carboxylic acids is 1. The van der Waals surface area contributed by atoms with Gasteiger partial charge in [-0.15, -0.1) is 0 Å². The molecule has 0 aliphatic carbocycles. The van der Waals surface area contributed by atoms with E-state index in [0.717, 1.165) is 10.0 Å². The van der Waals surface area contributed by atoms with Crippen molar-refractivity contribution >= 4 is 27.8 Å². The highest BCUT2D eigenvalue weighted by Crippen LogP contribution is 2.17. The van der Waals surface area contributed by atoms with E-state index in [4.69, 9.17) is 5.11 Å². The van der Waals surface area contributed by atoms with Crippen LogP contribution in [-0.2, 0) is 4.79 Å². The van der Waals surface area contributed by atoms with Crippen molar-refractivity contribution in [1.29, 1.82) is 0 Å². The van der Waals surface area contributed by atoms with Gasteiger partial charge in [0.15, 0.2) is 0 Å². The first-order chi connectivity index (χ1) is 8.95. The van der Waals surface area contributed by atoms with Gasteiger partial charge in [-0.05, 0) is 38.0 Å². The second kappa shape index (κ2) is 7.09. The Hall–Kier alpha value is -1.62. The largest absolute Gasteiger partial charge is 0.480 e. The van der Waals surface area contributed by atoms with Crippen molar-refractivity contribution in [3.05, 3.63) is 46.0 Å². The maximum Gasteiger partial charge on any atom is 0.326 e. The molecule has 0 saturated carbocycles. The van der Waals surface area contributed by atoms with Crippen LogP contribution < -0.4 is 5.32 Å². The van der Waals surface area contributed by atoms with Crippen molar-refractivity contribution < 1.29 is 14.7 Å². The fourth-order valence-corrected chi connectivity index (χ4v) is 1.85. The van der Waals surface area contributed by atoms with Crippen LogP contribution in [0.4, 0.5) is 0 Å². The van der Waals surface area contributed by atoms with Gasteiger partial charge in [0.05, 0.1) is 0 Å². The summed E-state index contributed by atoms with van der Waals surface area (Å²) in [4.78, 5) is 23.0. The lowest BCUT2D eigenvalue weighted by Gasteiger charge is -2.13. The number of amides is 1. The van der Waals surface area contributed by atoms with E-state index >= 15 is 0 Å². The Labute approximate surface area is 120 Å². The van der Waals surface area contributed by atoms with Gasteiger partial charge >= 0.3 is 5.97 Å². The molecule has 1 atom stereocenters. The molecule has 1 amide bonds. The predicted octanol–water partition coefficient (Wildman–Crippen LogP) is 2.91. The highest BCUT2D eigenvalue weighted by molar-refractivity contribution is 9.10. The summed E-state index contributed by atoms with van der Waals surface area (Å²) in [5, 5.41) is 11.5. The molecule has 0 aromatic heterocycles. The number of allylic oxidation sites excluding steroid dienone is 1. The summed E-state index contributed by atoms with van der Waals surface area (Å²) in [5.74, 6) is -1.43. The van der Waals surface area contributed by atoms with Crippen LogP contribution >= 0.6 is 15.9 Å². The summed E-state index contributed by atoms with van der Waals surface area (Å²) in [7, 11) is 0. The normalized spacial score (nSPS) is 12.4. The molecule has 1 unspecified atom stereocenters. The number of carbonyl (C=O) groups is 2. The Bertz CT molecular complexity index is 511. The van der Waals surface area contributed by atoms with E-state index in [2.05, 4.69) is 21.2 Å². The molecule has 0 spiro atoms. The van der Waals surface area contributed by atoms with Crippen molar-refractivity contribution in [2.24, 2.45) is 0 Å². The Morgan fingerprint density at radius 3 is 2.68 bits per heavy atom. The Morgan fingerprint density at radius 1 is 1.47 bits per heavy atom. The second-order valence-electron chi connectivity index (χ2n) is 4.13. The molecule has 0 fully saturated rings. The predicted molar refractivity (Wildman–Crippen MR) is 77.2 cm³/mol. The first kappa shape index (κ1) is 15.4. The molecule has 0 saturated heterocycles. The van der Waals surface area contributed by atoms with Gasteiger partial charge in [-0.3, -0.25) is 4.79 Å². The van der Waals surface area contributed by atoms with Crippen LogP contribution in [0.3, 0.4) is 0 Å². The molecule has 102 valence electrons. The Balaban J connectivity index is 2.81. The molecule has 5 heteroatoms. The number of hydrogen-bond donors (Lipinski definition) is 2. The van der Waals surface area contributed by atoms with E-state index in [1.54, 1.807) is 37.3 Å². The van der Waals surface area contributed by atoms with Crippen molar-refractivity contribution in [3.63, 3.8) is 0 Å². The van der Waals surface area contributed by atoms with Crippen molar-refractivity contribution in [2.75, 3.05) is 0 Å². The number of rotatable bonds is 5. The summed E-state index contributed by atoms with van der Waals surface area (Å²) in [6.07, 6.45) is 3.74. The van der Waals surface area contributed by atoms with Gasteiger partial charge in [0.25, 0.3) is 5.91 Å².